The minimum Gasteiger partial charge on any atom is -0.442 e. The molecule has 0 spiro atoms. The largest absolute Gasteiger partial charge is 0.442 e. The molecule has 0 bridgehead atoms. The number of hydrogen-bond donors (Lipinski definition) is 2. The summed E-state index contributed by atoms with van der Waals surface area (Å²) in [7, 11) is 0. The van der Waals surface area contributed by atoms with Gasteiger partial charge in [-0.15, -0.1) is 0 Å². The fraction of sp³-hybridized carbons (Fsp3) is 0.600. The van der Waals surface area contributed by atoms with Crippen LogP contribution in [0.2, 0.25) is 0 Å². The summed E-state index contributed by atoms with van der Waals surface area (Å²) >= 11 is 3.42. The van der Waals surface area contributed by atoms with Crippen LogP contribution >= 0.6 is 12.6 Å². The third-order valence-corrected chi connectivity index (χ3v) is 0.799. The predicted molar refractivity (Wildman–Crippen MR) is 38.7 cm³/mol. The Morgan fingerprint density at radius 1 is 1.60 bits per heavy atom. The Hall–Kier alpha value is -0.710. The SMILES string of the molecule is CC(=O)OC(C)NC(=O)S. The Balaban J connectivity index is 3.53. The highest BCUT2D eigenvalue weighted by Gasteiger charge is 2.04. The van der Waals surface area contributed by atoms with E-state index in [4.69, 9.17) is 0 Å². The average Bonchev–Trinajstić information content (AvgIpc) is 1.58. The summed E-state index contributed by atoms with van der Waals surface area (Å²) in [5, 5.41) is 1.74. The van der Waals surface area contributed by atoms with Gasteiger partial charge in [-0.3, -0.25) is 9.59 Å². The highest BCUT2D eigenvalue weighted by Crippen LogP contribution is 1.87. The monoisotopic (exact) mass is 163 g/mol. The summed E-state index contributed by atoms with van der Waals surface area (Å²) < 4.78 is 4.54. The van der Waals surface area contributed by atoms with Gasteiger partial charge in [-0.1, -0.05) is 12.6 Å². The lowest BCUT2D eigenvalue weighted by Gasteiger charge is -2.10. The van der Waals surface area contributed by atoms with Crippen molar-refractivity contribution < 1.29 is 14.3 Å². The van der Waals surface area contributed by atoms with E-state index in [9.17, 15) is 9.59 Å². The number of hydrogen-bond acceptors (Lipinski definition) is 3. The maximum absolute atomic E-state index is 10.2. The second kappa shape index (κ2) is 4.16. The molecule has 5 heteroatoms. The molecule has 0 saturated heterocycles. The van der Waals surface area contributed by atoms with E-state index in [-0.39, 0.29) is 0 Å². The lowest BCUT2D eigenvalue weighted by atomic mass is 10.6. The van der Waals surface area contributed by atoms with E-state index in [0.717, 1.165) is 0 Å². The molecule has 1 amide bonds. The highest BCUT2D eigenvalue weighted by molar-refractivity contribution is 7.96. The molecule has 0 heterocycles. The summed E-state index contributed by atoms with van der Waals surface area (Å²) in [6.07, 6.45) is -0.609. The first kappa shape index (κ1) is 9.29. The summed E-state index contributed by atoms with van der Waals surface area (Å²) in [5.74, 6) is -0.436. The lowest BCUT2D eigenvalue weighted by Crippen LogP contribution is -2.32. The minimum atomic E-state index is -0.609. The van der Waals surface area contributed by atoms with Crippen LogP contribution in [0, 0.1) is 0 Å². The van der Waals surface area contributed by atoms with Crippen molar-refractivity contribution in [3.8, 4) is 0 Å². The van der Waals surface area contributed by atoms with E-state index in [1.165, 1.54) is 13.8 Å². The fourth-order valence-corrected chi connectivity index (χ4v) is 0.634. The van der Waals surface area contributed by atoms with Crippen LogP contribution in [0.25, 0.3) is 0 Å². The predicted octanol–water partition coefficient (Wildman–Crippen LogP) is 0.535. The molecule has 0 aromatic carbocycles. The molecule has 1 unspecified atom stereocenters. The van der Waals surface area contributed by atoms with Gasteiger partial charge in [-0.2, -0.15) is 0 Å². The molecule has 0 fully saturated rings. The van der Waals surface area contributed by atoms with Crippen molar-refractivity contribution in [3.05, 3.63) is 0 Å². The van der Waals surface area contributed by atoms with Gasteiger partial charge in [0.05, 0.1) is 0 Å². The molecule has 10 heavy (non-hydrogen) atoms. The number of ether oxygens (including phenoxy) is 1. The van der Waals surface area contributed by atoms with Crippen molar-refractivity contribution in [2.24, 2.45) is 0 Å². The van der Waals surface area contributed by atoms with E-state index in [1.54, 1.807) is 0 Å². The highest BCUT2D eigenvalue weighted by atomic mass is 32.1. The van der Waals surface area contributed by atoms with Crippen LogP contribution in [-0.2, 0) is 9.53 Å². The van der Waals surface area contributed by atoms with Gasteiger partial charge < -0.3 is 10.1 Å². The zero-order chi connectivity index (χ0) is 8.15. The van der Waals surface area contributed by atoms with Gasteiger partial charge in [0.25, 0.3) is 5.24 Å². The van der Waals surface area contributed by atoms with E-state index >= 15 is 0 Å². The third kappa shape index (κ3) is 5.43. The van der Waals surface area contributed by atoms with E-state index in [1.807, 2.05) is 0 Å². The summed E-state index contributed by atoms with van der Waals surface area (Å²) in [5.41, 5.74) is 0. The lowest BCUT2D eigenvalue weighted by molar-refractivity contribution is -0.146. The fourth-order valence-electron chi connectivity index (χ4n) is 0.452. The first-order valence-electron chi connectivity index (χ1n) is 2.69. The molecule has 0 aliphatic rings. The molecule has 0 aromatic rings. The van der Waals surface area contributed by atoms with Gasteiger partial charge >= 0.3 is 5.97 Å². The molecule has 0 radical (unpaired) electrons. The molecule has 1 atom stereocenters. The second-order valence-corrected chi connectivity index (χ2v) is 2.11. The molecule has 0 rings (SSSR count). The molecule has 0 aliphatic heterocycles. The van der Waals surface area contributed by atoms with Crippen molar-refractivity contribution in [2.45, 2.75) is 20.1 Å². The molecule has 0 saturated carbocycles. The number of thiol groups is 1. The van der Waals surface area contributed by atoms with Crippen molar-refractivity contribution in [1.82, 2.24) is 5.32 Å². The van der Waals surface area contributed by atoms with Gasteiger partial charge in [0.2, 0.25) is 0 Å². The van der Waals surface area contributed by atoms with Gasteiger partial charge in [0, 0.05) is 6.92 Å². The van der Waals surface area contributed by atoms with Gasteiger partial charge in [0.1, 0.15) is 0 Å². The van der Waals surface area contributed by atoms with Crippen LogP contribution in [0.3, 0.4) is 0 Å². The van der Waals surface area contributed by atoms with Crippen molar-refractivity contribution in [3.63, 3.8) is 0 Å². The molecule has 0 aliphatic carbocycles. The Kier molecular flexibility index (Phi) is 3.87. The number of esters is 1. The van der Waals surface area contributed by atoms with E-state index in [2.05, 4.69) is 22.7 Å². The van der Waals surface area contributed by atoms with Crippen LogP contribution < -0.4 is 5.32 Å². The molecule has 0 aromatic heterocycles. The maximum Gasteiger partial charge on any atom is 0.304 e. The molecule has 58 valence electrons. The number of carbonyl (C=O) groups excluding carboxylic acids is 2. The van der Waals surface area contributed by atoms with Crippen molar-refractivity contribution in [2.75, 3.05) is 0 Å². The summed E-state index contributed by atoms with van der Waals surface area (Å²) in [4.78, 5) is 20.4. The number of carbonyl (C=O) groups is 2. The van der Waals surface area contributed by atoms with E-state index in [0.29, 0.717) is 0 Å². The van der Waals surface area contributed by atoms with Crippen LogP contribution in [-0.4, -0.2) is 17.4 Å². The second-order valence-electron chi connectivity index (χ2n) is 1.70. The van der Waals surface area contributed by atoms with Crippen molar-refractivity contribution in [1.29, 1.82) is 0 Å². The smallest absolute Gasteiger partial charge is 0.304 e. The Labute approximate surface area is 64.3 Å². The zero-order valence-electron chi connectivity index (χ0n) is 5.75. The van der Waals surface area contributed by atoms with Gasteiger partial charge in [-0.05, 0) is 6.92 Å². The van der Waals surface area contributed by atoms with Crippen molar-refractivity contribution >= 4 is 23.8 Å². The maximum atomic E-state index is 10.2. The zero-order valence-corrected chi connectivity index (χ0v) is 6.64. The third-order valence-electron chi connectivity index (χ3n) is 0.669. The first-order chi connectivity index (χ1) is 4.52. The van der Waals surface area contributed by atoms with Gasteiger partial charge in [0.15, 0.2) is 6.23 Å². The number of nitrogens with one attached hydrogen (secondary N) is 1. The van der Waals surface area contributed by atoms with Crippen LogP contribution in [0.5, 0.6) is 0 Å². The van der Waals surface area contributed by atoms with Gasteiger partial charge in [-0.25, -0.2) is 0 Å². The molecular weight excluding hydrogens is 154 g/mol. The minimum absolute atomic E-state index is 0.436. The summed E-state index contributed by atoms with van der Waals surface area (Å²) in [6, 6.07) is 0. The average molecular weight is 163 g/mol. The summed E-state index contributed by atoms with van der Waals surface area (Å²) in [6.45, 7) is 2.80. The molecular formula is C5H9NO3S. The standard InChI is InChI=1S/C5H9NO3S/c1-3(6-5(8)10)9-4(2)7/h3H,1-2H3,(H2,6,8,10). The first-order valence-corrected chi connectivity index (χ1v) is 3.13. The Morgan fingerprint density at radius 2 is 2.10 bits per heavy atom. The number of rotatable bonds is 2. The van der Waals surface area contributed by atoms with Crippen LogP contribution in [0.4, 0.5) is 4.79 Å². The Morgan fingerprint density at radius 3 is 2.40 bits per heavy atom. The number of amides is 1. The van der Waals surface area contributed by atoms with Crippen LogP contribution in [0.15, 0.2) is 0 Å². The normalized spacial score (nSPS) is 11.9. The van der Waals surface area contributed by atoms with Crippen LogP contribution in [0.1, 0.15) is 13.8 Å². The molecule has 4 nitrogen and oxygen atoms in total. The Bertz CT molecular complexity index is 132. The van der Waals surface area contributed by atoms with E-state index < -0.39 is 17.4 Å². The quantitative estimate of drug-likeness (QED) is 0.355. The molecule has 1 N–H and O–H groups in total. The topological polar surface area (TPSA) is 55.4 Å².